The molecule has 0 unspecified atom stereocenters. The Bertz CT molecular complexity index is 603. The Morgan fingerprint density at radius 3 is 2.63 bits per heavy atom. The largest absolute Gasteiger partial charge is 0.324 e. The average Bonchev–Trinajstić information content (AvgIpc) is 2.78. The summed E-state index contributed by atoms with van der Waals surface area (Å²) in [5, 5.41) is 0. The van der Waals surface area contributed by atoms with Gasteiger partial charge in [0.25, 0.3) is 0 Å². The van der Waals surface area contributed by atoms with Gasteiger partial charge in [0.2, 0.25) is 0 Å². The summed E-state index contributed by atoms with van der Waals surface area (Å²) in [6.07, 6.45) is 5.55. The lowest BCUT2D eigenvalue weighted by atomic mass is 9.95. The van der Waals surface area contributed by atoms with Gasteiger partial charge in [0.1, 0.15) is 17.2 Å². The maximum absolute atomic E-state index is 13.8. The Kier molecular flexibility index (Phi) is 3.44. The standard InChI is InChI=1S/C14H15ClF2N2/c15-8-13-18-14-11(17)6-9(16)7-12(14)19(13)10-4-2-1-3-5-10/h6-7,10H,1-5,8H2. The molecule has 0 N–H and O–H groups in total. The Morgan fingerprint density at radius 1 is 1.21 bits per heavy atom. The first kappa shape index (κ1) is 12.9. The molecule has 1 aliphatic carbocycles. The van der Waals surface area contributed by atoms with E-state index in [9.17, 15) is 8.78 Å². The van der Waals surface area contributed by atoms with Crippen LogP contribution in [0.1, 0.15) is 44.0 Å². The molecule has 0 spiro atoms. The van der Waals surface area contributed by atoms with Crippen molar-refractivity contribution in [2.24, 2.45) is 0 Å². The summed E-state index contributed by atoms with van der Waals surface area (Å²) in [5.41, 5.74) is 0.752. The highest BCUT2D eigenvalue weighted by Gasteiger charge is 2.22. The summed E-state index contributed by atoms with van der Waals surface area (Å²) < 4.78 is 29.2. The summed E-state index contributed by atoms with van der Waals surface area (Å²) >= 11 is 5.92. The number of imidazole rings is 1. The molecule has 1 aromatic heterocycles. The van der Waals surface area contributed by atoms with E-state index in [0.29, 0.717) is 11.3 Å². The maximum atomic E-state index is 13.8. The summed E-state index contributed by atoms with van der Waals surface area (Å²) in [5.74, 6) is -0.334. The second-order valence-corrected chi connectivity index (χ2v) is 5.35. The van der Waals surface area contributed by atoms with Crippen molar-refractivity contribution in [3.63, 3.8) is 0 Å². The smallest absolute Gasteiger partial charge is 0.153 e. The van der Waals surface area contributed by atoms with Crippen molar-refractivity contribution in [2.45, 2.75) is 44.0 Å². The fourth-order valence-corrected chi connectivity index (χ4v) is 3.20. The van der Waals surface area contributed by atoms with Gasteiger partial charge >= 0.3 is 0 Å². The minimum absolute atomic E-state index is 0.215. The molecule has 1 saturated carbocycles. The van der Waals surface area contributed by atoms with Gasteiger partial charge in [-0.25, -0.2) is 13.8 Å². The van der Waals surface area contributed by atoms with Crippen LogP contribution in [0.5, 0.6) is 0 Å². The second kappa shape index (κ2) is 5.08. The lowest BCUT2D eigenvalue weighted by molar-refractivity contribution is 0.354. The zero-order chi connectivity index (χ0) is 13.4. The molecule has 19 heavy (non-hydrogen) atoms. The van der Waals surface area contributed by atoms with Crippen molar-refractivity contribution in [1.29, 1.82) is 0 Å². The first-order valence-electron chi connectivity index (χ1n) is 6.62. The zero-order valence-corrected chi connectivity index (χ0v) is 11.3. The van der Waals surface area contributed by atoms with Gasteiger partial charge in [0, 0.05) is 12.1 Å². The van der Waals surface area contributed by atoms with E-state index >= 15 is 0 Å². The number of nitrogens with zero attached hydrogens (tertiary/aromatic N) is 2. The van der Waals surface area contributed by atoms with Gasteiger partial charge in [-0.1, -0.05) is 19.3 Å². The lowest BCUT2D eigenvalue weighted by Gasteiger charge is -2.25. The first-order chi connectivity index (χ1) is 9.20. The monoisotopic (exact) mass is 284 g/mol. The summed E-state index contributed by atoms with van der Waals surface area (Å²) in [7, 11) is 0. The van der Waals surface area contributed by atoms with Crippen molar-refractivity contribution in [2.75, 3.05) is 0 Å². The number of rotatable bonds is 2. The molecule has 0 saturated heterocycles. The highest BCUT2D eigenvalue weighted by Crippen LogP contribution is 2.33. The van der Waals surface area contributed by atoms with Crippen LogP contribution in [0.3, 0.4) is 0 Å². The topological polar surface area (TPSA) is 17.8 Å². The molecule has 1 aromatic carbocycles. The van der Waals surface area contributed by atoms with Crippen molar-refractivity contribution < 1.29 is 8.78 Å². The molecule has 3 rings (SSSR count). The van der Waals surface area contributed by atoms with Crippen LogP contribution in [0.15, 0.2) is 12.1 Å². The molecule has 0 bridgehead atoms. The van der Waals surface area contributed by atoms with E-state index < -0.39 is 11.6 Å². The maximum Gasteiger partial charge on any atom is 0.153 e. The number of hydrogen-bond acceptors (Lipinski definition) is 1. The van der Waals surface area contributed by atoms with Crippen LogP contribution >= 0.6 is 11.6 Å². The number of aromatic nitrogens is 2. The van der Waals surface area contributed by atoms with Gasteiger partial charge in [0.05, 0.1) is 11.4 Å². The minimum atomic E-state index is -0.615. The first-order valence-corrected chi connectivity index (χ1v) is 7.16. The fourth-order valence-electron chi connectivity index (χ4n) is 3.01. The fraction of sp³-hybridized carbons (Fsp3) is 0.500. The van der Waals surface area contributed by atoms with E-state index in [1.54, 1.807) is 0 Å². The highest BCUT2D eigenvalue weighted by atomic mass is 35.5. The van der Waals surface area contributed by atoms with E-state index in [1.807, 2.05) is 4.57 Å². The SMILES string of the molecule is Fc1cc(F)c2nc(CCl)n(C3CCCCC3)c2c1. The molecule has 0 amide bonds. The molecular formula is C14H15ClF2N2. The van der Waals surface area contributed by atoms with Crippen LogP contribution in [0.2, 0.25) is 0 Å². The van der Waals surface area contributed by atoms with E-state index in [4.69, 9.17) is 11.6 Å². The van der Waals surface area contributed by atoms with E-state index in [2.05, 4.69) is 4.98 Å². The van der Waals surface area contributed by atoms with E-state index in [1.165, 1.54) is 12.5 Å². The van der Waals surface area contributed by atoms with E-state index in [-0.39, 0.29) is 17.4 Å². The number of fused-ring (bicyclic) bond motifs is 1. The third kappa shape index (κ3) is 2.22. The molecule has 1 aliphatic rings. The molecule has 2 nitrogen and oxygen atoms in total. The number of halogens is 3. The van der Waals surface area contributed by atoms with Crippen LogP contribution in [0.4, 0.5) is 8.78 Å². The van der Waals surface area contributed by atoms with Crippen LogP contribution in [-0.4, -0.2) is 9.55 Å². The van der Waals surface area contributed by atoms with Crippen LogP contribution in [0.25, 0.3) is 11.0 Å². The molecule has 0 aliphatic heterocycles. The van der Waals surface area contributed by atoms with Crippen LogP contribution in [0, 0.1) is 11.6 Å². The molecule has 0 atom stereocenters. The normalized spacial score (nSPS) is 17.2. The number of benzene rings is 1. The molecular weight excluding hydrogens is 270 g/mol. The van der Waals surface area contributed by atoms with Gasteiger partial charge in [-0.3, -0.25) is 0 Å². The summed E-state index contributed by atoms with van der Waals surface area (Å²) in [6.45, 7) is 0. The minimum Gasteiger partial charge on any atom is -0.324 e. The average molecular weight is 285 g/mol. The Morgan fingerprint density at radius 2 is 1.95 bits per heavy atom. The number of hydrogen-bond donors (Lipinski definition) is 0. The second-order valence-electron chi connectivity index (χ2n) is 5.08. The van der Waals surface area contributed by atoms with Gasteiger partial charge in [-0.15, -0.1) is 11.6 Å². The van der Waals surface area contributed by atoms with Gasteiger partial charge in [-0.05, 0) is 18.9 Å². The summed E-state index contributed by atoms with van der Waals surface area (Å²) in [6, 6.07) is 2.49. The Balaban J connectivity index is 2.19. The molecule has 1 heterocycles. The lowest BCUT2D eigenvalue weighted by Crippen LogP contribution is -2.15. The predicted octanol–water partition coefficient (Wildman–Crippen LogP) is 4.56. The molecule has 1 fully saturated rings. The molecule has 5 heteroatoms. The van der Waals surface area contributed by atoms with Gasteiger partial charge in [0.15, 0.2) is 5.82 Å². The van der Waals surface area contributed by atoms with Crippen LogP contribution < -0.4 is 0 Å². The third-order valence-corrected chi connectivity index (χ3v) is 4.08. The van der Waals surface area contributed by atoms with Crippen molar-refractivity contribution in [3.05, 3.63) is 29.6 Å². The quantitative estimate of drug-likeness (QED) is 0.739. The van der Waals surface area contributed by atoms with E-state index in [0.717, 1.165) is 31.7 Å². The zero-order valence-electron chi connectivity index (χ0n) is 10.5. The van der Waals surface area contributed by atoms with Crippen molar-refractivity contribution >= 4 is 22.6 Å². The predicted molar refractivity (Wildman–Crippen MR) is 71.3 cm³/mol. The van der Waals surface area contributed by atoms with Crippen molar-refractivity contribution in [3.8, 4) is 0 Å². The molecule has 2 aromatic rings. The Hall–Kier alpha value is -1.16. The highest BCUT2D eigenvalue weighted by molar-refractivity contribution is 6.16. The third-order valence-electron chi connectivity index (χ3n) is 3.85. The summed E-state index contributed by atoms with van der Waals surface area (Å²) in [4.78, 5) is 4.24. The van der Waals surface area contributed by atoms with Crippen molar-refractivity contribution in [1.82, 2.24) is 9.55 Å². The van der Waals surface area contributed by atoms with Gasteiger partial charge in [-0.2, -0.15) is 0 Å². The molecule has 0 radical (unpaired) electrons. The van der Waals surface area contributed by atoms with Gasteiger partial charge < -0.3 is 4.57 Å². The molecule has 102 valence electrons. The Labute approximate surface area is 115 Å². The number of alkyl halides is 1. The van der Waals surface area contributed by atoms with Crippen LogP contribution in [-0.2, 0) is 5.88 Å².